The molecule has 1 unspecified atom stereocenters. The van der Waals surface area contributed by atoms with Crippen molar-refractivity contribution in [1.29, 1.82) is 0 Å². The molecule has 0 spiro atoms. The van der Waals surface area contributed by atoms with Crippen LogP contribution in [0.4, 0.5) is 11.4 Å². The number of sulfone groups is 1. The molecule has 236 valence electrons. The van der Waals surface area contributed by atoms with Crippen molar-refractivity contribution in [3.8, 4) is 5.75 Å². The molecule has 10 heteroatoms. The van der Waals surface area contributed by atoms with Crippen LogP contribution in [0.2, 0.25) is 0 Å². The molecule has 2 N–H and O–H groups in total. The Morgan fingerprint density at radius 3 is 2.18 bits per heavy atom. The number of ether oxygens (including phenoxy) is 1. The number of para-hydroxylation sites is 1. The van der Waals surface area contributed by atoms with Crippen LogP contribution < -0.4 is 15.0 Å². The average Bonchev–Trinajstić information content (AvgIpc) is 3.12. The van der Waals surface area contributed by atoms with Gasteiger partial charge in [0.05, 0.1) is 21.2 Å². The number of amides is 1. The standard InChI is InChI=1S/C34H42N2O6S2/c1-4-6-18-34(19-7-5-2)23-36(26-16-12-9-13-17-26)27-20-29(43-3)28(21-30(27)44(40,41)24-34)42-22-31(37)35-32(33(38)39)25-14-10-8-11-15-25/h8-17,20-21,32H,4-7,18-19,22-24H2,1-3H3,(H,35,37)(H,38,39). The van der Waals surface area contributed by atoms with E-state index < -0.39 is 39.8 Å². The minimum absolute atomic E-state index is 0.0340. The van der Waals surface area contributed by atoms with Crippen LogP contribution in [0.15, 0.2) is 82.6 Å². The van der Waals surface area contributed by atoms with Crippen LogP contribution in [0, 0.1) is 5.41 Å². The van der Waals surface area contributed by atoms with Gasteiger partial charge in [-0.1, -0.05) is 88.1 Å². The lowest BCUT2D eigenvalue weighted by molar-refractivity contribution is -0.142. The van der Waals surface area contributed by atoms with E-state index in [1.54, 1.807) is 36.4 Å². The molecule has 0 fully saturated rings. The molecule has 3 aromatic rings. The third-order valence-corrected chi connectivity index (χ3v) is 10.8. The number of fused-ring (bicyclic) bond motifs is 1. The summed E-state index contributed by atoms with van der Waals surface area (Å²) in [6.07, 6.45) is 7.34. The molecule has 1 heterocycles. The molecule has 8 nitrogen and oxygen atoms in total. The van der Waals surface area contributed by atoms with Crippen molar-refractivity contribution in [1.82, 2.24) is 5.32 Å². The number of thioether (sulfide) groups is 1. The summed E-state index contributed by atoms with van der Waals surface area (Å²) in [5, 5.41) is 12.2. The van der Waals surface area contributed by atoms with E-state index in [0.29, 0.717) is 22.7 Å². The molecule has 4 rings (SSSR count). The van der Waals surface area contributed by atoms with E-state index in [-0.39, 0.29) is 16.4 Å². The number of unbranched alkanes of at least 4 members (excludes halogenated alkanes) is 2. The highest BCUT2D eigenvalue weighted by Gasteiger charge is 2.42. The van der Waals surface area contributed by atoms with Crippen LogP contribution in [0.25, 0.3) is 0 Å². The second-order valence-corrected chi connectivity index (χ2v) is 14.2. The lowest BCUT2D eigenvalue weighted by Gasteiger charge is -2.37. The smallest absolute Gasteiger partial charge is 0.330 e. The average molecular weight is 639 g/mol. The fourth-order valence-electron chi connectivity index (χ4n) is 5.86. The summed E-state index contributed by atoms with van der Waals surface area (Å²) in [6.45, 7) is 4.37. The maximum absolute atomic E-state index is 14.2. The topological polar surface area (TPSA) is 113 Å². The fraction of sp³-hybridized carbons (Fsp3) is 0.412. The van der Waals surface area contributed by atoms with E-state index in [1.807, 2.05) is 42.7 Å². The lowest BCUT2D eigenvalue weighted by atomic mass is 9.79. The third-order valence-electron chi connectivity index (χ3n) is 8.09. The number of aliphatic carboxylic acids is 1. The summed E-state index contributed by atoms with van der Waals surface area (Å²) >= 11 is 1.40. The molecule has 0 aromatic heterocycles. The first kappa shape index (κ1) is 33.4. The normalized spacial score (nSPS) is 15.9. The molecule has 1 amide bonds. The Morgan fingerprint density at radius 1 is 1.00 bits per heavy atom. The highest BCUT2D eigenvalue weighted by molar-refractivity contribution is 7.98. The van der Waals surface area contributed by atoms with E-state index in [4.69, 9.17) is 4.74 Å². The summed E-state index contributed by atoms with van der Waals surface area (Å²) in [5.41, 5.74) is 1.53. The first-order chi connectivity index (χ1) is 21.1. The third kappa shape index (κ3) is 7.95. The highest BCUT2D eigenvalue weighted by Crippen LogP contribution is 2.47. The molecule has 44 heavy (non-hydrogen) atoms. The van der Waals surface area contributed by atoms with Gasteiger partial charge in [-0.15, -0.1) is 11.8 Å². The number of hydrogen-bond donors (Lipinski definition) is 2. The highest BCUT2D eigenvalue weighted by atomic mass is 32.2. The zero-order valence-electron chi connectivity index (χ0n) is 25.6. The molecule has 0 radical (unpaired) electrons. The Hall–Kier alpha value is -3.50. The van der Waals surface area contributed by atoms with E-state index in [2.05, 4.69) is 24.1 Å². The van der Waals surface area contributed by atoms with Crippen molar-refractivity contribution in [2.45, 2.75) is 68.2 Å². The maximum atomic E-state index is 14.2. The second-order valence-electron chi connectivity index (χ2n) is 11.4. The summed E-state index contributed by atoms with van der Waals surface area (Å²) < 4.78 is 34.4. The first-order valence-corrected chi connectivity index (χ1v) is 18.0. The Labute approximate surface area is 265 Å². The molecule has 1 atom stereocenters. The minimum Gasteiger partial charge on any atom is -0.483 e. The summed E-state index contributed by atoms with van der Waals surface area (Å²) in [7, 11) is -3.75. The van der Waals surface area contributed by atoms with Gasteiger partial charge < -0.3 is 20.1 Å². The zero-order chi connectivity index (χ0) is 31.7. The van der Waals surface area contributed by atoms with Crippen LogP contribution in [0.3, 0.4) is 0 Å². The summed E-state index contributed by atoms with van der Waals surface area (Å²) in [5.74, 6) is -1.52. The molecular formula is C34H42N2O6S2. The van der Waals surface area contributed by atoms with Crippen LogP contribution >= 0.6 is 11.8 Å². The quantitative estimate of drug-likeness (QED) is 0.181. The number of benzene rings is 3. The Bertz CT molecular complexity index is 1520. The van der Waals surface area contributed by atoms with E-state index in [1.165, 1.54) is 11.8 Å². The van der Waals surface area contributed by atoms with Gasteiger partial charge >= 0.3 is 5.97 Å². The second kappa shape index (κ2) is 15.0. The van der Waals surface area contributed by atoms with Crippen molar-refractivity contribution < 1.29 is 27.9 Å². The molecule has 1 aliphatic heterocycles. The number of carbonyl (C=O) groups is 2. The van der Waals surface area contributed by atoms with E-state index in [9.17, 15) is 23.1 Å². The first-order valence-electron chi connectivity index (χ1n) is 15.1. The van der Waals surface area contributed by atoms with Crippen LogP contribution in [-0.2, 0) is 19.4 Å². The maximum Gasteiger partial charge on any atom is 0.330 e. The van der Waals surface area contributed by atoms with Gasteiger partial charge in [-0.3, -0.25) is 4.79 Å². The predicted octanol–water partition coefficient (Wildman–Crippen LogP) is 7.02. The number of nitrogens with one attached hydrogen (secondary N) is 1. The van der Waals surface area contributed by atoms with Crippen molar-refractivity contribution in [3.05, 3.63) is 78.4 Å². The molecular weight excluding hydrogens is 597 g/mol. The monoisotopic (exact) mass is 638 g/mol. The van der Waals surface area contributed by atoms with E-state index >= 15 is 0 Å². The molecule has 1 aliphatic rings. The van der Waals surface area contributed by atoms with Crippen LogP contribution in [0.5, 0.6) is 5.75 Å². The molecule has 0 aliphatic carbocycles. The Kier molecular flexibility index (Phi) is 11.4. The number of anilines is 2. The predicted molar refractivity (Wildman–Crippen MR) is 176 cm³/mol. The summed E-state index contributed by atoms with van der Waals surface area (Å²) in [6, 6.07) is 20.4. The van der Waals surface area contributed by atoms with Gasteiger partial charge in [-0.25, -0.2) is 13.2 Å². The van der Waals surface area contributed by atoms with Gasteiger partial charge in [-0.2, -0.15) is 0 Å². The van der Waals surface area contributed by atoms with Gasteiger partial charge in [0, 0.05) is 23.7 Å². The summed E-state index contributed by atoms with van der Waals surface area (Å²) in [4.78, 5) is 27.7. The van der Waals surface area contributed by atoms with Crippen LogP contribution in [0.1, 0.15) is 64.0 Å². The molecule has 3 aromatic carbocycles. The minimum atomic E-state index is -3.75. The van der Waals surface area contributed by atoms with Gasteiger partial charge in [-0.05, 0) is 42.9 Å². The molecule has 0 saturated heterocycles. The number of nitrogens with zero attached hydrogens (tertiary/aromatic N) is 1. The van der Waals surface area contributed by atoms with Crippen molar-refractivity contribution in [3.63, 3.8) is 0 Å². The number of rotatable bonds is 14. The number of carboxylic acids is 1. The van der Waals surface area contributed by atoms with Crippen molar-refractivity contribution in [2.75, 3.05) is 30.1 Å². The molecule has 0 bridgehead atoms. The van der Waals surface area contributed by atoms with Crippen LogP contribution in [-0.4, -0.2) is 50.6 Å². The van der Waals surface area contributed by atoms with Crippen molar-refractivity contribution >= 4 is 44.9 Å². The SMILES string of the molecule is CCCCC1(CCCC)CN(c2ccccc2)c2cc(SC)c(OCC(=O)NC(C(=O)O)c3ccccc3)cc2S(=O)(=O)C1. The molecule has 0 saturated carbocycles. The van der Waals surface area contributed by atoms with Crippen molar-refractivity contribution in [2.24, 2.45) is 5.41 Å². The zero-order valence-corrected chi connectivity index (χ0v) is 27.3. The van der Waals surface area contributed by atoms with Gasteiger partial charge in [0.15, 0.2) is 22.5 Å². The number of carbonyl (C=O) groups excluding carboxylic acids is 1. The van der Waals surface area contributed by atoms with Gasteiger partial charge in [0.2, 0.25) is 0 Å². The Balaban J connectivity index is 1.71. The van der Waals surface area contributed by atoms with Gasteiger partial charge in [0.25, 0.3) is 5.91 Å². The lowest BCUT2D eigenvalue weighted by Crippen LogP contribution is -2.38. The Morgan fingerprint density at radius 2 is 1.61 bits per heavy atom. The van der Waals surface area contributed by atoms with E-state index in [0.717, 1.165) is 44.2 Å². The largest absolute Gasteiger partial charge is 0.483 e. The van der Waals surface area contributed by atoms with Gasteiger partial charge in [0.1, 0.15) is 5.75 Å². The number of hydrogen-bond acceptors (Lipinski definition) is 7. The fourth-order valence-corrected chi connectivity index (χ4v) is 8.52. The number of carboxylic acid groups (broad SMARTS) is 1.